The molecule has 0 aliphatic heterocycles. The van der Waals surface area contributed by atoms with Crippen molar-refractivity contribution in [2.24, 2.45) is 0 Å². The fourth-order valence-electron chi connectivity index (χ4n) is 2.40. The van der Waals surface area contributed by atoms with Gasteiger partial charge in [-0.1, -0.05) is 34.1 Å². The SMILES string of the molecule is CCCCn1c(C(C)(C)C)nc(-c2ccc(F)cc2)c1N. The second kappa shape index (κ2) is 5.88. The third-order valence-electron chi connectivity index (χ3n) is 3.53. The molecule has 4 heteroatoms. The Bertz CT molecular complexity index is 606. The molecule has 0 unspecified atom stereocenters. The number of anilines is 1. The van der Waals surface area contributed by atoms with E-state index in [1.807, 2.05) is 0 Å². The number of rotatable bonds is 4. The molecular formula is C17H24FN3. The van der Waals surface area contributed by atoms with Crippen LogP contribution < -0.4 is 5.73 Å². The molecule has 2 aromatic rings. The molecule has 0 radical (unpaired) electrons. The highest BCUT2D eigenvalue weighted by Gasteiger charge is 2.25. The van der Waals surface area contributed by atoms with E-state index in [1.54, 1.807) is 12.1 Å². The fourth-order valence-corrected chi connectivity index (χ4v) is 2.40. The van der Waals surface area contributed by atoms with Crippen LogP contribution in [0.3, 0.4) is 0 Å². The van der Waals surface area contributed by atoms with E-state index in [-0.39, 0.29) is 11.2 Å². The van der Waals surface area contributed by atoms with Crippen LogP contribution in [0.1, 0.15) is 46.4 Å². The Morgan fingerprint density at radius 1 is 1.19 bits per heavy atom. The number of imidazole rings is 1. The predicted octanol–water partition coefficient (Wildman–Crippen LogP) is 4.37. The topological polar surface area (TPSA) is 43.8 Å². The van der Waals surface area contributed by atoms with Gasteiger partial charge in [0, 0.05) is 17.5 Å². The van der Waals surface area contributed by atoms with E-state index < -0.39 is 0 Å². The average molecular weight is 289 g/mol. The first-order valence-corrected chi connectivity index (χ1v) is 7.47. The summed E-state index contributed by atoms with van der Waals surface area (Å²) in [5.74, 6) is 1.39. The lowest BCUT2D eigenvalue weighted by atomic mass is 9.95. The molecule has 21 heavy (non-hydrogen) atoms. The van der Waals surface area contributed by atoms with Crippen molar-refractivity contribution < 1.29 is 4.39 Å². The minimum atomic E-state index is -0.251. The van der Waals surface area contributed by atoms with Crippen molar-refractivity contribution in [1.29, 1.82) is 0 Å². The first-order valence-electron chi connectivity index (χ1n) is 7.47. The van der Waals surface area contributed by atoms with Crippen molar-refractivity contribution >= 4 is 5.82 Å². The molecule has 0 bridgehead atoms. The summed E-state index contributed by atoms with van der Waals surface area (Å²) in [5.41, 5.74) is 7.84. The van der Waals surface area contributed by atoms with Crippen molar-refractivity contribution in [2.75, 3.05) is 5.73 Å². The van der Waals surface area contributed by atoms with Gasteiger partial charge in [0.05, 0.1) is 0 Å². The van der Waals surface area contributed by atoms with Crippen molar-refractivity contribution in [2.45, 2.75) is 52.5 Å². The lowest BCUT2D eigenvalue weighted by Gasteiger charge is -2.20. The summed E-state index contributed by atoms with van der Waals surface area (Å²) >= 11 is 0. The number of unbranched alkanes of at least 4 members (excludes halogenated alkanes) is 1. The van der Waals surface area contributed by atoms with Gasteiger partial charge in [-0.25, -0.2) is 9.37 Å². The highest BCUT2D eigenvalue weighted by atomic mass is 19.1. The highest BCUT2D eigenvalue weighted by molar-refractivity contribution is 5.71. The van der Waals surface area contributed by atoms with Gasteiger partial charge >= 0.3 is 0 Å². The van der Waals surface area contributed by atoms with E-state index in [0.717, 1.165) is 36.5 Å². The summed E-state index contributed by atoms with van der Waals surface area (Å²) in [4.78, 5) is 4.75. The van der Waals surface area contributed by atoms with E-state index in [0.29, 0.717) is 5.82 Å². The summed E-state index contributed by atoms with van der Waals surface area (Å²) in [5, 5.41) is 0. The van der Waals surface area contributed by atoms with E-state index in [4.69, 9.17) is 10.7 Å². The number of nitrogens with two attached hydrogens (primary N) is 1. The van der Waals surface area contributed by atoms with Crippen LogP contribution in [0.5, 0.6) is 0 Å². The van der Waals surface area contributed by atoms with Crippen molar-refractivity contribution in [3.05, 3.63) is 35.9 Å². The highest BCUT2D eigenvalue weighted by Crippen LogP contribution is 2.32. The van der Waals surface area contributed by atoms with E-state index in [2.05, 4.69) is 32.3 Å². The summed E-state index contributed by atoms with van der Waals surface area (Å²) < 4.78 is 15.2. The normalized spacial score (nSPS) is 11.9. The molecule has 2 N–H and O–H groups in total. The quantitative estimate of drug-likeness (QED) is 0.908. The maximum absolute atomic E-state index is 13.1. The first-order chi connectivity index (χ1) is 9.84. The Morgan fingerprint density at radius 3 is 2.33 bits per heavy atom. The van der Waals surface area contributed by atoms with Crippen LogP contribution >= 0.6 is 0 Å². The van der Waals surface area contributed by atoms with Gasteiger partial charge < -0.3 is 10.3 Å². The number of hydrogen-bond acceptors (Lipinski definition) is 2. The zero-order valence-electron chi connectivity index (χ0n) is 13.3. The molecule has 0 saturated heterocycles. The molecule has 3 nitrogen and oxygen atoms in total. The number of benzene rings is 1. The molecule has 1 heterocycles. The number of halogens is 1. The van der Waals surface area contributed by atoms with Crippen LogP contribution in [0.4, 0.5) is 10.2 Å². The Hall–Kier alpha value is -1.84. The Morgan fingerprint density at radius 2 is 1.81 bits per heavy atom. The average Bonchev–Trinajstić information content (AvgIpc) is 2.74. The molecule has 0 saturated carbocycles. The Labute approximate surface area is 126 Å². The van der Waals surface area contributed by atoms with Crippen LogP contribution in [0, 0.1) is 5.82 Å². The van der Waals surface area contributed by atoms with Crippen molar-refractivity contribution in [1.82, 2.24) is 9.55 Å². The zero-order valence-corrected chi connectivity index (χ0v) is 13.3. The van der Waals surface area contributed by atoms with Crippen LogP contribution in [0.25, 0.3) is 11.3 Å². The van der Waals surface area contributed by atoms with Gasteiger partial charge in [-0.3, -0.25) is 0 Å². The van der Waals surface area contributed by atoms with Gasteiger partial charge in [0.1, 0.15) is 23.2 Å². The Kier molecular flexibility index (Phi) is 4.35. The fraction of sp³-hybridized carbons (Fsp3) is 0.471. The molecule has 1 aromatic carbocycles. The van der Waals surface area contributed by atoms with Gasteiger partial charge in [0.15, 0.2) is 0 Å². The standard InChI is InChI=1S/C17H24FN3/c1-5-6-11-21-15(19)14(20-16(21)17(2,3)4)12-7-9-13(18)10-8-12/h7-10H,5-6,11,19H2,1-4H3. The molecule has 0 spiro atoms. The maximum atomic E-state index is 13.1. The molecule has 0 aliphatic carbocycles. The van der Waals surface area contributed by atoms with E-state index >= 15 is 0 Å². The van der Waals surface area contributed by atoms with E-state index in [9.17, 15) is 4.39 Å². The third kappa shape index (κ3) is 3.26. The van der Waals surface area contributed by atoms with E-state index in [1.165, 1.54) is 12.1 Å². The molecule has 2 rings (SSSR count). The number of aromatic nitrogens is 2. The summed E-state index contributed by atoms with van der Waals surface area (Å²) in [6.45, 7) is 9.41. The molecule has 0 aliphatic rings. The number of hydrogen-bond donors (Lipinski definition) is 1. The number of nitrogen functional groups attached to an aromatic ring is 1. The second-order valence-corrected chi connectivity index (χ2v) is 6.43. The van der Waals surface area contributed by atoms with Crippen LogP contribution in [0.2, 0.25) is 0 Å². The predicted molar refractivity (Wildman–Crippen MR) is 85.6 cm³/mol. The smallest absolute Gasteiger partial charge is 0.131 e. The summed E-state index contributed by atoms with van der Waals surface area (Å²) in [7, 11) is 0. The van der Waals surface area contributed by atoms with Gasteiger partial charge in [-0.05, 0) is 30.7 Å². The third-order valence-corrected chi connectivity index (χ3v) is 3.53. The van der Waals surface area contributed by atoms with Crippen LogP contribution in [0.15, 0.2) is 24.3 Å². The monoisotopic (exact) mass is 289 g/mol. The Balaban J connectivity index is 2.52. The molecule has 114 valence electrons. The summed E-state index contributed by atoms with van der Waals surface area (Å²) in [6, 6.07) is 6.34. The first kappa shape index (κ1) is 15.5. The molecule has 0 amide bonds. The molecule has 0 atom stereocenters. The van der Waals surface area contributed by atoms with Crippen molar-refractivity contribution in [3.8, 4) is 11.3 Å². The lowest BCUT2D eigenvalue weighted by Crippen LogP contribution is -2.20. The molecular weight excluding hydrogens is 265 g/mol. The van der Waals surface area contributed by atoms with Crippen LogP contribution in [-0.4, -0.2) is 9.55 Å². The van der Waals surface area contributed by atoms with Crippen LogP contribution in [-0.2, 0) is 12.0 Å². The summed E-state index contributed by atoms with van der Waals surface area (Å²) in [6.07, 6.45) is 2.17. The van der Waals surface area contributed by atoms with Gasteiger partial charge in [0.2, 0.25) is 0 Å². The number of nitrogens with zero attached hydrogens (tertiary/aromatic N) is 2. The largest absolute Gasteiger partial charge is 0.383 e. The lowest BCUT2D eigenvalue weighted by molar-refractivity contribution is 0.491. The van der Waals surface area contributed by atoms with Gasteiger partial charge in [0.25, 0.3) is 0 Å². The minimum Gasteiger partial charge on any atom is -0.383 e. The van der Waals surface area contributed by atoms with Gasteiger partial charge in [-0.2, -0.15) is 0 Å². The second-order valence-electron chi connectivity index (χ2n) is 6.43. The molecule has 0 fully saturated rings. The van der Waals surface area contributed by atoms with Crippen molar-refractivity contribution in [3.63, 3.8) is 0 Å². The minimum absolute atomic E-state index is 0.0832. The molecule has 1 aromatic heterocycles. The van der Waals surface area contributed by atoms with Gasteiger partial charge in [-0.15, -0.1) is 0 Å². The maximum Gasteiger partial charge on any atom is 0.131 e. The zero-order chi connectivity index (χ0) is 15.6.